The van der Waals surface area contributed by atoms with Gasteiger partial charge in [0.25, 0.3) is 0 Å². The number of thiol groups is 1. The van der Waals surface area contributed by atoms with E-state index in [2.05, 4.69) is 17.4 Å². The van der Waals surface area contributed by atoms with Crippen LogP contribution >= 0.6 is 12.6 Å². The van der Waals surface area contributed by atoms with Gasteiger partial charge in [0.1, 0.15) is 6.10 Å². The second kappa shape index (κ2) is 6.63. The Hall–Kier alpha value is -1.24. The molecule has 0 aliphatic carbocycles. The van der Waals surface area contributed by atoms with E-state index in [4.69, 9.17) is 5.73 Å². The summed E-state index contributed by atoms with van der Waals surface area (Å²) in [5.74, 6) is -0.139. The molecule has 0 aliphatic rings. The SMILES string of the molecule is COC(=O)c1cccc(C(O)C(O)CCS)c1N. The maximum atomic E-state index is 11.4. The van der Waals surface area contributed by atoms with Crippen LogP contribution in [0.2, 0.25) is 0 Å². The molecule has 0 aromatic heterocycles. The first-order chi connectivity index (χ1) is 8.52. The fourth-order valence-corrected chi connectivity index (χ4v) is 1.89. The first-order valence-corrected chi connectivity index (χ1v) is 6.09. The largest absolute Gasteiger partial charge is 0.465 e. The molecule has 0 amide bonds. The van der Waals surface area contributed by atoms with Crippen molar-refractivity contribution in [1.29, 1.82) is 0 Å². The van der Waals surface area contributed by atoms with Crippen LogP contribution in [0, 0.1) is 0 Å². The zero-order valence-corrected chi connectivity index (χ0v) is 10.9. The first kappa shape index (κ1) is 14.8. The number of nitrogen functional groups attached to an aromatic ring is 1. The molecule has 1 rings (SSSR count). The minimum Gasteiger partial charge on any atom is -0.465 e. The molecular weight excluding hydrogens is 254 g/mol. The molecule has 0 saturated carbocycles. The molecule has 18 heavy (non-hydrogen) atoms. The maximum Gasteiger partial charge on any atom is 0.339 e. The Morgan fingerprint density at radius 3 is 2.72 bits per heavy atom. The molecule has 2 atom stereocenters. The predicted molar refractivity (Wildman–Crippen MR) is 71.6 cm³/mol. The number of hydrogen-bond acceptors (Lipinski definition) is 6. The fraction of sp³-hybridized carbons (Fsp3) is 0.417. The smallest absolute Gasteiger partial charge is 0.339 e. The summed E-state index contributed by atoms with van der Waals surface area (Å²) in [7, 11) is 1.25. The van der Waals surface area contributed by atoms with Crippen molar-refractivity contribution in [1.82, 2.24) is 0 Å². The number of rotatable bonds is 5. The van der Waals surface area contributed by atoms with E-state index in [0.29, 0.717) is 17.7 Å². The quantitative estimate of drug-likeness (QED) is 0.360. The van der Waals surface area contributed by atoms with E-state index in [1.807, 2.05) is 0 Å². The molecule has 0 bridgehead atoms. The van der Waals surface area contributed by atoms with Crippen LogP contribution in [-0.2, 0) is 4.74 Å². The van der Waals surface area contributed by atoms with Gasteiger partial charge in [-0.25, -0.2) is 4.79 Å². The second-order valence-electron chi connectivity index (χ2n) is 3.82. The summed E-state index contributed by atoms with van der Waals surface area (Å²) in [5, 5.41) is 19.7. The number of anilines is 1. The molecule has 0 spiro atoms. The number of carbonyl (C=O) groups excluding carboxylic acids is 1. The highest BCUT2D eigenvalue weighted by Crippen LogP contribution is 2.27. The lowest BCUT2D eigenvalue weighted by molar-refractivity contribution is 0.0176. The van der Waals surface area contributed by atoms with E-state index < -0.39 is 18.2 Å². The van der Waals surface area contributed by atoms with Crippen molar-refractivity contribution in [3.8, 4) is 0 Å². The van der Waals surface area contributed by atoms with E-state index in [-0.39, 0.29) is 11.3 Å². The summed E-state index contributed by atoms with van der Waals surface area (Å²) in [6.45, 7) is 0. The Bertz CT molecular complexity index is 425. The number of ether oxygens (including phenoxy) is 1. The van der Waals surface area contributed by atoms with Crippen LogP contribution < -0.4 is 5.73 Å². The third kappa shape index (κ3) is 3.16. The standard InChI is InChI=1S/C12H17NO4S/c1-17-12(16)8-4-2-3-7(10(8)13)11(15)9(14)5-6-18/h2-4,9,11,14-15,18H,5-6,13H2,1H3. The van der Waals surface area contributed by atoms with Crippen molar-refractivity contribution in [3.63, 3.8) is 0 Å². The Balaban J connectivity index is 3.06. The van der Waals surface area contributed by atoms with Gasteiger partial charge in [-0.3, -0.25) is 0 Å². The summed E-state index contributed by atoms with van der Waals surface area (Å²) < 4.78 is 4.58. The van der Waals surface area contributed by atoms with Crippen LogP contribution in [0.3, 0.4) is 0 Å². The van der Waals surface area contributed by atoms with Gasteiger partial charge >= 0.3 is 5.97 Å². The van der Waals surface area contributed by atoms with Crippen molar-refractivity contribution < 1.29 is 19.7 Å². The van der Waals surface area contributed by atoms with E-state index in [1.165, 1.54) is 13.2 Å². The minimum atomic E-state index is -1.15. The normalized spacial score (nSPS) is 14.0. The zero-order chi connectivity index (χ0) is 13.7. The van der Waals surface area contributed by atoms with Crippen LogP contribution in [0.4, 0.5) is 5.69 Å². The Labute approximate surface area is 111 Å². The molecule has 100 valence electrons. The lowest BCUT2D eigenvalue weighted by Crippen LogP contribution is -2.21. The molecule has 5 nitrogen and oxygen atoms in total. The molecule has 0 radical (unpaired) electrons. The van der Waals surface area contributed by atoms with Crippen molar-refractivity contribution in [2.24, 2.45) is 0 Å². The minimum absolute atomic E-state index is 0.120. The number of nitrogens with two attached hydrogens (primary N) is 1. The fourth-order valence-electron chi connectivity index (χ4n) is 1.63. The monoisotopic (exact) mass is 271 g/mol. The van der Waals surface area contributed by atoms with Gasteiger partial charge in [-0.05, 0) is 18.2 Å². The lowest BCUT2D eigenvalue weighted by atomic mass is 9.98. The Kier molecular flexibility index (Phi) is 5.46. The van der Waals surface area contributed by atoms with Crippen LogP contribution in [0.15, 0.2) is 18.2 Å². The van der Waals surface area contributed by atoms with Crippen LogP contribution in [0.5, 0.6) is 0 Å². The third-order valence-corrected chi connectivity index (χ3v) is 2.91. The predicted octanol–water partition coefficient (Wildman–Crippen LogP) is 0.770. The molecular formula is C12H17NO4S. The number of carbonyl (C=O) groups is 1. The van der Waals surface area contributed by atoms with E-state index in [9.17, 15) is 15.0 Å². The highest BCUT2D eigenvalue weighted by atomic mass is 32.1. The van der Waals surface area contributed by atoms with Gasteiger partial charge < -0.3 is 20.7 Å². The molecule has 0 heterocycles. The molecule has 0 aliphatic heterocycles. The summed E-state index contributed by atoms with van der Waals surface area (Å²) in [6, 6.07) is 4.64. The second-order valence-corrected chi connectivity index (χ2v) is 4.27. The van der Waals surface area contributed by atoms with E-state index in [0.717, 1.165) is 0 Å². The lowest BCUT2D eigenvalue weighted by Gasteiger charge is -2.20. The maximum absolute atomic E-state index is 11.4. The van der Waals surface area contributed by atoms with Gasteiger partial charge in [0.2, 0.25) is 0 Å². The Morgan fingerprint density at radius 2 is 2.17 bits per heavy atom. The topological polar surface area (TPSA) is 92.8 Å². The van der Waals surface area contributed by atoms with Gasteiger partial charge in [0.05, 0.1) is 24.5 Å². The Morgan fingerprint density at radius 1 is 1.50 bits per heavy atom. The third-order valence-electron chi connectivity index (χ3n) is 2.65. The summed E-state index contributed by atoms with van der Waals surface area (Å²) in [6.07, 6.45) is -1.80. The summed E-state index contributed by atoms with van der Waals surface area (Å²) in [5.41, 5.74) is 6.41. The highest BCUT2D eigenvalue weighted by molar-refractivity contribution is 7.80. The van der Waals surface area contributed by atoms with E-state index >= 15 is 0 Å². The highest BCUT2D eigenvalue weighted by Gasteiger charge is 2.22. The van der Waals surface area contributed by atoms with Crippen molar-refractivity contribution in [2.75, 3.05) is 18.6 Å². The first-order valence-electron chi connectivity index (χ1n) is 5.46. The molecule has 1 aromatic carbocycles. The van der Waals surface area contributed by atoms with Crippen molar-refractivity contribution in [2.45, 2.75) is 18.6 Å². The van der Waals surface area contributed by atoms with Crippen molar-refractivity contribution >= 4 is 24.3 Å². The van der Waals surface area contributed by atoms with Crippen LogP contribution in [-0.4, -0.2) is 35.1 Å². The molecule has 1 aromatic rings. The number of aliphatic hydroxyl groups is 2. The number of benzene rings is 1. The molecule has 6 heteroatoms. The zero-order valence-electron chi connectivity index (χ0n) is 10.0. The number of esters is 1. The van der Waals surface area contributed by atoms with Crippen molar-refractivity contribution in [3.05, 3.63) is 29.3 Å². The average molecular weight is 271 g/mol. The summed E-state index contributed by atoms with van der Waals surface area (Å²) >= 11 is 3.98. The number of methoxy groups -OCH3 is 1. The molecule has 0 saturated heterocycles. The van der Waals surface area contributed by atoms with E-state index in [1.54, 1.807) is 12.1 Å². The van der Waals surface area contributed by atoms with Crippen LogP contribution in [0.25, 0.3) is 0 Å². The van der Waals surface area contributed by atoms with Gasteiger partial charge in [-0.2, -0.15) is 12.6 Å². The van der Waals surface area contributed by atoms with Gasteiger partial charge in [-0.15, -0.1) is 0 Å². The molecule has 2 unspecified atom stereocenters. The number of para-hydroxylation sites is 1. The van der Waals surface area contributed by atoms with Gasteiger partial charge in [0, 0.05) is 5.56 Å². The molecule has 4 N–H and O–H groups in total. The molecule has 0 fully saturated rings. The summed E-state index contributed by atoms with van der Waals surface area (Å²) in [4.78, 5) is 11.4. The number of aliphatic hydroxyl groups excluding tert-OH is 2. The van der Waals surface area contributed by atoms with Gasteiger partial charge in [0.15, 0.2) is 0 Å². The average Bonchev–Trinajstić information content (AvgIpc) is 2.37. The van der Waals surface area contributed by atoms with Crippen LogP contribution in [0.1, 0.15) is 28.4 Å². The van der Waals surface area contributed by atoms with Gasteiger partial charge in [-0.1, -0.05) is 12.1 Å². The number of hydrogen-bond donors (Lipinski definition) is 4.